The molecule has 0 bridgehead atoms. The van der Waals surface area contributed by atoms with Crippen LogP contribution in [0.3, 0.4) is 0 Å². The van der Waals surface area contributed by atoms with Crippen molar-refractivity contribution in [2.24, 2.45) is 5.92 Å². The Balaban J connectivity index is 1.62. The van der Waals surface area contributed by atoms with Crippen molar-refractivity contribution in [1.82, 2.24) is 19.4 Å². The molecule has 0 saturated heterocycles. The molecule has 3 heterocycles. The number of fused-ring (bicyclic) bond motifs is 3. The number of nitrogens with one attached hydrogen (secondary N) is 1. The molecule has 36 heavy (non-hydrogen) atoms. The standard InChI is InChI=1S/C29H37FN4O2/c1-20(2)14-17-34-27(35)26-25(32-15-8-9-16-32)23-18-21(30)12-13-24(23)33(26)19-29(34,3)28(36)31-22-10-6-4-5-7-11-22/h8-9,12-13,15-16,18,20,22H,4-7,10-11,14,17,19H2,1-3H3,(H,31,36)/t29-/m1/s1. The molecule has 1 fully saturated rings. The van der Waals surface area contributed by atoms with Crippen molar-refractivity contribution in [3.05, 3.63) is 54.2 Å². The van der Waals surface area contributed by atoms with Crippen molar-refractivity contribution in [2.75, 3.05) is 6.54 Å². The van der Waals surface area contributed by atoms with Crippen LogP contribution in [-0.2, 0) is 11.3 Å². The lowest BCUT2D eigenvalue weighted by Gasteiger charge is -2.45. The Hall–Kier alpha value is -3.09. The first-order chi connectivity index (χ1) is 17.3. The van der Waals surface area contributed by atoms with E-state index in [4.69, 9.17) is 0 Å². The van der Waals surface area contributed by atoms with Gasteiger partial charge in [0.15, 0.2) is 0 Å². The third-order valence-corrected chi connectivity index (χ3v) is 7.98. The number of hydrogen-bond acceptors (Lipinski definition) is 2. The quantitative estimate of drug-likeness (QED) is 0.451. The monoisotopic (exact) mass is 492 g/mol. The Kier molecular flexibility index (Phi) is 6.66. The molecule has 0 spiro atoms. The van der Waals surface area contributed by atoms with Crippen LogP contribution in [0.5, 0.6) is 0 Å². The van der Waals surface area contributed by atoms with E-state index in [0.717, 1.165) is 37.6 Å². The summed E-state index contributed by atoms with van der Waals surface area (Å²) < 4.78 is 18.2. The smallest absolute Gasteiger partial charge is 0.273 e. The number of rotatable bonds is 6. The highest BCUT2D eigenvalue weighted by atomic mass is 19.1. The minimum absolute atomic E-state index is 0.0939. The van der Waals surface area contributed by atoms with Gasteiger partial charge in [0.1, 0.15) is 17.1 Å². The Bertz CT molecular complexity index is 1250. The maximum atomic E-state index is 14.4. The zero-order valence-corrected chi connectivity index (χ0v) is 21.6. The Labute approximate surface area is 212 Å². The summed E-state index contributed by atoms with van der Waals surface area (Å²) in [6, 6.07) is 8.57. The van der Waals surface area contributed by atoms with Gasteiger partial charge in [0.2, 0.25) is 5.91 Å². The molecular formula is C29H37FN4O2. The van der Waals surface area contributed by atoms with Crippen LogP contribution in [0.25, 0.3) is 16.6 Å². The molecular weight excluding hydrogens is 455 g/mol. The fourth-order valence-electron chi connectivity index (χ4n) is 5.87. The van der Waals surface area contributed by atoms with E-state index < -0.39 is 5.54 Å². The molecule has 2 aliphatic rings. The van der Waals surface area contributed by atoms with Crippen LogP contribution in [0.1, 0.15) is 76.2 Å². The van der Waals surface area contributed by atoms with Gasteiger partial charge in [-0.15, -0.1) is 0 Å². The highest BCUT2D eigenvalue weighted by molar-refractivity contribution is 6.09. The van der Waals surface area contributed by atoms with Gasteiger partial charge in [-0.2, -0.15) is 0 Å². The second kappa shape index (κ2) is 9.75. The summed E-state index contributed by atoms with van der Waals surface area (Å²) in [4.78, 5) is 30.0. The van der Waals surface area contributed by atoms with E-state index >= 15 is 0 Å². The number of hydrogen-bond donors (Lipinski definition) is 1. The number of carbonyl (C=O) groups excluding carboxylic acids is 2. The van der Waals surface area contributed by atoms with Crippen LogP contribution < -0.4 is 5.32 Å². The molecule has 1 aliphatic heterocycles. The average molecular weight is 493 g/mol. The third-order valence-electron chi connectivity index (χ3n) is 7.98. The van der Waals surface area contributed by atoms with Crippen LogP contribution >= 0.6 is 0 Å². The molecule has 2 aromatic heterocycles. The van der Waals surface area contributed by atoms with Crippen molar-refractivity contribution in [2.45, 2.75) is 83.8 Å². The maximum absolute atomic E-state index is 14.4. The lowest BCUT2D eigenvalue weighted by Crippen LogP contribution is -2.65. The summed E-state index contributed by atoms with van der Waals surface area (Å²) in [5, 5.41) is 3.99. The van der Waals surface area contributed by atoms with Crippen LogP contribution in [0, 0.1) is 11.7 Å². The molecule has 1 aliphatic carbocycles. The number of amides is 2. The second-order valence-corrected chi connectivity index (χ2v) is 11.1. The highest BCUT2D eigenvalue weighted by Crippen LogP contribution is 2.38. The number of halogens is 1. The van der Waals surface area contributed by atoms with Crippen LogP contribution in [0.4, 0.5) is 4.39 Å². The normalized spacial score (nSPS) is 21.1. The number of aromatic nitrogens is 2. The molecule has 192 valence electrons. The van der Waals surface area contributed by atoms with Crippen molar-refractivity contribution in [1.29, 1.82) is 0 Å². The zero-order valence-electron chi connectivity index (χ0n) is 21.6. The Morgan fingerprint density at radius 2 is 1.83 bits per heavy atom. The van der Waals surface area contributed by atoms with E-state index in [1.807, 2.05) is 40.6 Å². The van der Waals surface area contributed by atoms with E-state index in [1.54, 1.807) is 11.0 Å². The molecule has 1 aromatic carbocycles. The summed E-state index contributed by atoms with van der Waals surface area (Å²) in [6.45, 7) is 6.97. The predicted molar refractivity (Wildman–Crippen MR) is 140 cm³/mol. The van der Waals surface area contributed by atoms with E-state index in [2.05, 4.69) is 19.2 Å². The van der Waals surface area contributed by atoms with E-state index in [-0.39, 0.29) is 23.7 Å². The molecule has 1 saturated carbocycles. The molecule has 3 aromatic rings. The highest BCUT2D eigenvalue weighted by Gasteiger charge is 2.49. The predicted octanol–water partition coefficient (Wildman–Crippen LogP) is 5.67. The van der Waals surface area contributed by atoms with Crippen LogP contribution in [-0.4, -0.2) is 44.0 Å². The summed E-state index contributed by atoms with van der Waals surface area (Å²) in [5.41, 5.74) is 0.899. The van der Waals surface area contributed by atoms with Gasteiger partial charge in [0, 0.05) is 30.4 Å². The van der Waals surface area contributed by atoms with Crippen molar-refractivity contribution in [3.63, 3.8) is 0 Å². The number of carbonyl (C=O) groups is 2. The fraction of sp³-hybridized carbons (Fsp3) is 0.517. The first kappa shape index (κ1) is 24.6. The zero-order chi connectivity index (χ0) is 25.4. The van der Waals surface area contributed by atoms with Gasteiger partial charge in [-0.1, -0.05) is 39.5 Å². The van der Waals surface area contributed by atoms with Crippen LogP contribution in [0.2, 0.25) is 0 Å². The van der Waals surface area contributed by atoms with Crippen molar-refractivity contribution >= 4 is 22.7 Å². The minimum Gasteiger partial charge on any atom is -0.351 e. The molecule has 6 nitrogen and oxygen atoms in total. The minimum atomic E-state index is -1.04. The lowest BCUT2D eigenvalue weighted by atomic mass is 9.92. The molecule has 7 heteroatoms. The van der Waals surface area contributed by atoms with Gasteiger partial charge >= 0.3 is 0 Å². The molecule has 0 unspecified atom stereocenters. The molecule has 1 atom stereocenters. The number of nitrogens with zero attached hydrogens (tertiary/aromatic N) is 3. The van der Waals surface area contributed by atoms with E-state index in [0.29, 0.717) is 35.8 Å². The lowest BCUT2D eigenvalue weighted by molar-refractivity contribution is -0.133. The van der Waals surface area contributed by atoms with Gasteiger partial charge in [0.25, 0.3) is 5.91 Å². The first-order valence-corrected chi connectivity index (χ1v) is 13.4. The van der Waals surface area contributed by atoms with Crippen molar-refractivity contribution < 1.29 is 14.0 Å². The summed E-state index contributed by atoms with van der Waals surface area (Å²) in [5.74, 6) is -0.237. The molecule has 2 amide bonds. The van der Waals surface area contributed by atoms with Gasteiger partial charge < -0.3 is 19.4 Å². The third kappa shape index (κ3) is 4.33. The SMILES string of the molecule is CC(C)CCN1C(=O)c2c(-n3cccc3)c3cc(F)ccc3n2C[C@]1(C)C(=O)NC1CCCCCC1. The second-order valence-electron chi connectivity index (χ2n) is 11.1. The summed E-state index contributed by atoms with van der Waals surface area (Å²) in [7, 11) is 0. The topological polar surface area (TPSA) is 59.3 Å². The van der Waals surface area contributed by atoms with Gasteiger partial charge in [-0.05, 0) is 62.4 Å². The Morgan fingerprint density at radius 3 is 2.50 bits per heavy atom. The largest absolute Gasteiger partial charge is 0.351 e. The molecule has 0 radical (unpaired) electrons. The molecule has 1 N–H and O–H groups in total. The number of benzene rings is 1. The van der Waals surface area contributed by atoms with E-state index in [1.165, 1.54) is 25.0 Å². The van der Waals surface area contributed by atoms with Gasteiger partial charge in [0.05, 0.1) is 17.7 Å². The average Bonchev–Trinajstić information content (AvgIpc) is 3.38. The first-order valence-electron chi connectivity index (χ1n) is 13.4. The molecule has 5 rings (SSSR count). The Morgan fingerprint density at radius 1 is 1.14 bits per heavy atom. The summed E-state index contributed by atoms with van der Waals surface area (Å²) in [6.07, 6.45) is 11.2. The van der Waals surface area contributed by atoms with Crippen LogP contribution in [0.15, 0.2) is 42.7 Å². The van der Waals surface area contributed by atoms with Crippen molar-refractivity contribution in [3.8, 4) is 5.69 Å². The van der Waals surface area contributed by atoms with Gasteiger partial charge in [-0.25, -0.2) is 4.39 Å². The van der Waals surface area contributed by atoms with Gasteiger partial charge in [-0.3, -0.25) is 9.59 Å². The fourth-order valence-corrected chi connectivity index (χ4v) is 5.87. The maximum Gasteiger partial charge on any atom is 0.273 e. The summed E-state index contributed by atoms with van der Waals surface area (Å²) >= 11 is 0. The van der Waals surface area contributed by atoms with E-state index in [9.17, 15) is 14.0 Å².